The van der Waals surface area contributed by atoms with E-state index in [-0.39, 0.29) is 0 Å². The van der Waals surface area contributed by atoms with E-state index < -0.39 is 0 Å². The van der Waals surface area contributed by atoms with Crippen molar-refractivity contribution in [2.24, 2.45) is 0 Å². The third-order valence-corrected chi connectivity index (χ3v) is 3.34. The molecule has 1 rings (SSSR count). The minimum atomic E-state index is 0.447. The average molecular weight is 209 g/mol. The maximum absolute atomic E-state index is 8.78. The molecule has 3 heteroatoms. The quantitative estimate of drug-likeness (QED) is 0.724. The molecular weight excluding hydrogens is 186 g/mol. The highest BCUT2D eigenvalue weighted by Crippen LogP contribution is 2.12. The van der Waals surface area contributed by atoms with Gasteiger partial charge in [0.15, 0.2) is 0 Å². The zero-order valence-corrected chi connectivity index (χ0v) is 10.00. The van der Waals surface area contributed by atoms with E-state index in [0.717, 1.165) is 26.1 Å². The Bertz CT molecular complexity index is 203. The number of hydrogen-bond acceptors (Lipinski definition) is 3. The van der Waals surface area contributed by atoms with Gasteiger partial charge in [0.2, 0.25) is 0 Å². The zero-order valence-electron chi connectivity index (χ0n) is 10.00. The Morgan fingerprint density at radius 2 is 2.33 bits per heavy atom. The molecular formula is C12H23N3. The van der Waals surface area contributed by atoms with Crippen molar-refractivity contribution in [2.45, 2.75) is 51.6 Å². The number of rotatable bonds is 6. The SMILES string of the molecule is CCC(CC#N)N(CC)CC1CCCN1. The summed E-state index contributed by atoms with van der Waals surface area (Å²) in [6.45, 7) is 7.69. The fourth-order valence-electron chi connectivity index (χ4n) is 2.37. The monoisotopic (exact) mass is 209 g/mol. The second-order valence-electron chi connectivity index (χ2n) is 4.31. The van der Waals surface area contributed by atoms with Crippen LogP contribution in [0.1, 0.15) is 39.5 Å². The van der Waals surface area contributed by atoms with Crippen LogP contribution in [0.3, 0.4) is 0 Å². The minimum absolute atomic E-state index is 0.447. The Morgan fingerprint density at radius 3 is 2.80 bits per heavy atom. The van der Waals surface area contributed by atoms with Crippen molar-refractivity contribution in [3.63, 3.8) is 0 Å². The molecule has 1 aliphatic heterocycles. The molecule has 86 valence electrons. The second-order valence-corrected chi connectivity index (χ2v) is 4.31. The van der Waals surface area contributed by atoms with Gasteiger partial charge >= 0.3 is 0 Å². The topological polar surface area (TPSA) is 39.1 Å². The van der Waals surface area contributed by atoms with Crippen molar-refractivity contribution in [1.29, 1.82) is 5.26 Å². The van der Waals surface area contributed by atoms with Crippen molar-refractivity contribution >= 4 is 0 Å². The van der Waals surface area contributed by atoms with E-state index in [2.05, 4.69) is 30.1 Å². The summed E-state index contributed by atoms with van der Waals surface area (Å²) in [5.74, 6) is 0. The van der Waals surface area contributed by atoms with E-state index in [1.165, 1.54) is 12.8 Å². The van der Waals surface area contributed by atoms with Crippen molar-refractivity contribution in [3.05, 3.63) is 0 Å². The van der Waals surface area contributed by atoms with Crippen molar-refractivity contribution in [1.82, 2.24) is 10.2 Å². The molecule has 0 radical (unpaired) electrons. The Hall–Kier alpha value is -0.590. The first-order valence-corrected chi connectivity index (χ1v) is 6.16. The first-order valence-electron chi connectivity index (χ1n) is 6.16. The Morgan fingerprint density at radius 1 is 1.53 bits per heavy atom. The Kier molecular flexibility index (Phi) is 5.67. The highest BCUT2D eigenvalue weighted by molar-refractivity contribution is 4.85. The minimum Gasteiger partial charge on any atom is -0.313 e. The summed E-state index contributed by atoms with van der Waals surface area (Å²) in [6, 6.07) is 3.39. The predicted octanol–water partition coefficient (Wildman–Crippen LogP) is 1.75. The Balaban J connectivity index is 2.41. The first kappa shape index (κ1) is 12.5. The van der Waals surface area contributed by atoms with Crippen LogP contribution in [0.4, 0.5) is 0 Å². The van der Waals surface area contributed by atoms with E-state index in [1.54, 1.807) is 0 Å². The van der Waals surface area contributed by atoms with Gasteiger partial charge < -0.3 is 5.32 Å². The maximum atomic E-state index is 8.78. The van der Waals surface area contributed by atoms with Gasteiger partial charge in [-0.2, -0.15) is 5.26 Å². The van der Waals surface area contributed by atoms with E-state index in [4.69, 9.17) is 5.26 Å². The first-order chi connectivity index (χ1) is 7.31. The second kappa shape index (κ2) is 6.81. The summed E-state index contributed by atoms with van der Waals surface area (Å²) in [6.07, 6.45) is 4.34. The molecule has 0 spiro atoms. The molecule has 1 N–H and O–H groups in total. The van der Waals surface area contributed by atoms with Gasteiger partial charge in [0.1, 0.15) is 0 Å². The molecule has 0 aromatic heterocycles. The molecule has 0 saturated carbocycles. The van der Waals surface area contributed by atoms with Crippen LogP contribution >= 0.6 is 0 Å². The fraction of sp³-hybridized carbons (Fsp3) is 0.917. The normalized spacial score (nSPS) is 22.9. The van der Waals surface area contributed by atoms with E-state index in [1.807, 2.05) is 0 Å². The summed E-state index contributed by atoms with van der Waals surface area (Å²) < 4.78 is 0. The van der Waals surface area contributed by atoms with Crippen LogP contribution in [0.2, 0.25) is 0 Å². The molecule has 0 aliphatic carbocycles. The summed E-state index contributed by atoms with van der Waals surface area (Å²) >= 11 is 0. The number of nitriles is 1. The van der Waals surface area contributed by atoms with Crippen LogP contribution in [0.15, 0.2) is 0 Å². The lowest BCUT2D eigenvalue weighted by atomic mass is 10.1. The van der Waals surface area contributed by atoms with Gasteiger partial charge in [0.25, 0.3) is 0 Å². The lowest BCUT2D eigenvalue weighted by molar-refractivity contribution is 0.186. The van der Waals surface area contributed by atoms with Crippen molar-refractivity contribution < 1.29 is 0 Å². The molecule has 1 saturated heterocycles. The summed E-state index contributed by atoms with van der Waals surface area (Å²) in [4.78, 5) is 2.45. The fourth-order valence-corrected chi connectivity index (χ4v) is 2.37. The van der Waals surface area contributed by atoms with Gasteiger partial charge in [-0.05, 0) is 32.4 Å². The van der Waals surface area contributed by atoms with Crippen LogP contribution in [0, 0.1) is 11.3 Å². The van der Waals surface area contributed by atoms with Crippen LogP contribution in [0.5, 0.6) is 0 Å². The lowest BCUT2D eigenvalue weighted by Crippen LogP contribution is -2.43. The van der Waals surface area contributed by atoms with Crippen molar-refractivity contribution in [3.8, 4) is 6.07 Å². The number of hydrogen-bond donors (Lipinski definition) is 1. The maximum Gasteiger partial charge on any atom is 0.0638 e. The van der Waals surface area contributed by atoms with Gasteiger partial charge in [0, 0.05) is 18.6 Å². The standard InChI is InChI=1S/C12H23N3/c1-3-12(7-8-13)15(4-2)10-11-6-5-9-14-11/h11-12,14H,3-7,9-10H2,1-2H3. The van der Waals surface area contributed by atoms with Crippen LogP contribution in [-0.4, -0.2) is 36.6 Å². The molecule has 15 heavy (non-hydrogen) atoms. The van der Waals surface area contributed by atoms with E-state index in [9.17, 15) is 0 Å². The van der Waals surface area contributed by atoms with Crippen LogP contribution in [0.25, 0.3) is 0 Å². The largest absolute Gasteiger partial charge is 0.313 e. The van der Waals surface area contributed by atoms with Gasteiger partial charge in [-0.3, -0.25) is 4.90 Å². The van der Waals surface area contributed by atoms with E-state index in [0.29, 0.717) is 18.5 Å². The molecule has 0 aromatic rings. The summed E-state index contributed by atoms with van der Waals surface area (Å²) in [5.41, 5.74) is 0. The lowest BCUT2D eigenvalue weighted by Gasteiger charge is -2.30. The molecule has 0 bridgehead atoms. The molecule has 1 heterocycles. The van der Waals surface area contributed by atoms with Gasteiger partial charge in [-0.15, -0.1) is 0 Å². The predicted molar refractivity (Wildman–Crippen MR) is 62.6 cm³/mol. The van der Waals surface area contributed by atoms with Crippen LogP contribution in [-0.2, 0) is 0 Å². The number of nitrogens with one attached hydrogen (secondary N) is 1. The van der Waals surface area contributed by atoms with Gasteiger partial charge in [0.05, 0.1) is 12.5 Å². The number of likely N-dealkylation sites (N-methyl/N-ethyl adjacent to an activating group) is 1. The average Bonchev–Trinajstić information content (AvgIpc) is 2.75. The molecule has 2 atom stereocenters. The molecule has 1 fully saturated rings. The third-order valence-electron chi connectivity index (χ3n) is 3.34. The smallest absolute Gasteiger partial charge is 0.0638 e. The highest BCUT2D eigenvalue weighted by atomic mass is 15.2. The van der Waals surface area contributed by atoms with Crippen molar-refractivity contribution in [2.75, 3.05) is 19.6 Å². The third kappa shape index (κ3) is 3.81. The Labute approximate surface area is 93.5 Å². The van der Waals surface area contributed by atoms with Gasteiger partial charge in [-0.25, -0.2) is 0 Å². The highest BCUT2D eigenvalue weighted by Gasteiger charge is 2.21. The number of nitrogens with zero attached hydrogens (tertiary/aromatic N) is 2. The van der Waals surface area contributed by atoms with Crippen LogP contribution < -0.4 is 5.32 Å². The summed E-state index contributed by atoms with van der Waals surface area (Å²) in [7, 11) is 0. The van der Waals surface area contributed by atoms with E-state index >= 15 is 0 Å². The molecule has 1 aliphatic rings. The molecule has 3 nitrogen and oxygen atoms in total. The molecule has 0 aromatic carbocycles. The summed E-state index contributed by atoms with van der Waals surface area (Å²) in [5, 5.41) is 12.3. The molecule has 0 amide bonds. The molecule has 2 unspecified atom stereocenters. The van der Waals surface area contributed by atoms with Gasteiger partial charge in [-0.1, -0.05) is 13.8 Å². The zero-order chi connectivity index (χ0) is 11.1.